The Morgan fingerprint density at radius 2 is 2.29 bits per heavy atom. The molecule has 2 heterocycles. The van der Waals surface area contributed by atoms with E-state index in [2.05, 4.69) is 10.1 Å². The van der Waals surface area contributed by atoms with E-state index in [0.717, 1.165) is 0 Å². The largest absolute Gasteiger partial charge is 0.437 e. The molecule has 2 aromatic rings. The molecular formula is C10H10N4O3. The van der Waals surface area contributed by atoms with Crippen LogP contribution >= 0.6 is 0 Å². The summed E-state index contributed by atoms with van der Waals surface area (Å²) in [5.41, 5.74) is 5.25. The molecule has 0 saturated carbocycles. The Hall–Kier alpha value is -2.44. The normalized spacial score (nSPS) is 10.4. The van der Waals surface area contributed by atoms with Gasteiger partial charge in [0, 0.05) is 13.1 Å². The van der Waals surface area contributed by atoms with Crippen molar-refractivity contribution in [3.8, 4) is 0 Å². The fourth-order valence-electron chi connectivity index (χ4n) is 1.28. The summed E-state index contributed by atoms with van der Waals surface area (Å²) >= 11 is 0. The van der Waals surface area contributed by atoms with Crippen molar-refractivity contribution in [3.05, 3.63) is 35.8 Å². The first-order valence-electron chi connectivity index (χ1n) is 4.85. The molecule has 1 amide bonds. The number of Topliss-reactive ketones (excluding diaryl/α,β-unsaturated/α-hetero) is 1. The summed E-state index contributed by atoms with van der Waals surface area (Å²) in [6, 6.07) is 1.50. The van der Waals surface area contributed by atoms with E-state index in [4.69, 9.17) is 10.2 Å². The average Bonchev–Trinajstić information content (AvgIpc) is 2.87. The molecule has 0 atom stereocenters. The van der Waals surface area contributed by atoms with Gasteiger partial charge in [-0.05, 0) is 6.07 Å². The van der Waals surface area contributed by atoms with Gasteiger partial charge in [0.25, 0.3) is 11.8 Å². The summed E-state index contributed by atoms with van der Waals surface area (Å²) in [5.74, 6) is -0.295. The molecule has 2 rings (SSSR count). The van der Waals surface area contributed by atoms with Crippen LogP contribution in [-0.4, -0.2) is 26.5 Å². The topological polar surface area (TPSA) is 104 Å². The second kappa shape index (κ2) is 4.20. The predicted molar refractivity (Wildman–Crippen MR) is 56.4 cm³/mol. The zero-order valence-corrected chi connectivity index (χ0v) is 9.08. The smallest absolute Gasteiger partial charge is 0.269 e. The molecule has 17 heavy (non-hydrogen) atoms. The van der Waals surface area contributed by atoms with Gasteiger partial charge in [-0.15, -0.1) is 0 Å². The number of nitrogens with zero attached hydrogens (tertiary/aromatic N) is 3. The van der Waals surface area contributed by atoms with Crippen molar-refractivity contribution in [2.45, 2.75) is 13.5 Å². The Morgan fingerprint density at radius 1 is 1.53 bits per heavy atom. The molecule has 2 aromatic heterocycles. The van der Waals surface area contributed by atoms with Crippen LogP contribution < -0.4 is 5.73 Å². The monoisotopic (exact) mass is 234 g/mol. The molecular weight excluding hydrogens is 224 g/mol. The third-order valence-electron chi connectivity index (χ3n) is 2.07. The van der Waals surface area contributed by atoms with Crippen LogP contribution in [0.2, 0.25) is 0 Å². The number of rotatable bonds is 4. The summed E-state index contributed by atoms with van der Waals surface area (Å²) in [5, 5.41) is 3.93. The second-order valence-corrected chi connectivity index (χ2v) is 3.45. The molecule has 0 aliphatic rings. The van der Waals surface area contributed by atoms with Crippen LogP contribution in [0.4, 0.5) is 0 Å². The first kappa shape index (κ1) is 11.1. The van der Waals surface area contributed by atoms with E-state index < -0.39 is 5.91 Å². The number of aromatic nitrogens is 3. The van der Waals surface area contributed by atoms with Gasteiger partial charge in [0.05, 0.1) is 6.20 Å². The van der Waals surface area contributed by atoms with Crippen molar-refractivity contribution in [1.29, 1.82) is 0 Å². The Balaban J connectivity index is 2.13. The predicted octanol–water partition coefficient (Wildman–Crippen LogP) is 0.221. The molecule has 0 fully saturated rings. The Labute approximate surface area is 96.2 Å². The summed E-state index contributed by atoms with van der Waals surface area (Å²) in [6.45, 7) is 1.66. The molecule has 0 bridgehead atoms. The van der Waals surface area contributed by atoms with Crippen molar-refractivity contribution in [2.24, 2.45) is 5.73 Å². The van der Waals surface area contributed by atoms with Gasteiger partial charge in [0.1, 0.15) is 18.0 Å². The Bertz CT molecular complexity index is 519. The molecule has 0 spiro atoms. The van der Waals surface area contributed by atoms with Gasteiger partial charge in [0.15, 0.2) is 0 Å². The quantitative estimate of drug-likeness (QED) is 0.762. The van der Waals surface area contributed by atoms with Crippen LogP contribution in [0, 0.1) is 0 Å². The van der Waals surface area contributed by atoms with Crippen molar-refractivity contribution < 1.29 is 14.0 Å². The van der Waals surface area contributed by atoms with E-state index in [-0.39, 0.29) is 23.9 Å². The first-order chi connectivity index (χ1) is 8.06. The van der Waals surface area contributed by atoms with E-state index in [9.17, 15) is 9.59 Å². The summed E-state index contributed by atoms with van der Waals surface area (Å²) in [6.07, 6.45) is 3.04. The number of ketones is 1. The summed E-state index contributed by atoms with van der Waals surface area (Å²) < 4.78 is 6.66. The number of hydrogen-bond donors (Lipinski definition) is 1. The maximum Gasteiger partial charge on any atom is 0.269 e. The molecule has 0 unspecified atom stereocenters. The van der Waals surface area contributed by atoms with Crippen LogP contribution in [-0.2, 0) is 6.54 Å². The van der Waals surface area contributed by atoms with E-state index in [1.807, 2.05) is 0 Å². The van der Waals surface area contributed by atoms with E-state index in [1.54, 1.807) is 6.20 Å². The van der Waals surface area contributed by atoms with Crippen LogP contribution in [0.25, 0.3) is 0 Å². The lowest BCUT2D eigenvalue weighted by Crippen LogP contribution is -2.12. The number of carbonyl (C=O) groups is 2. The van der Waals surface area contributed by atoms with Crippen LogP contribution in [0.3, 0.4) is 0 Å². The van der Waals surface area contributed by atoms with E-state index in [1.165, 1.54) is 23.9 Å². The maximum atomic E-state index is 11.0. The highest BCUT2D eigenvalue weighted by atomic mass is 16.4. The standard InChI is InChI=1S/C10H10N4O3/c1-6(15)10-12-4-7(17-10)5-14-3-2-8(13-14)9(11)16/h2-4H,5H2,1H3,(H2,11,16). The average molecular weight is 234 g/mol. The lowest BCUT2D eigenvalue weighted by Gasteiger charge is -1.96. The molecule has 88 valence electrons. The van der Waals surface area contributed by atoms with Crippen LogP contribution in [0.5, 0.6) is 0 Å². The number of carbonyl (C=O) groups excluding carboxylic acids is 2. The Kier molecular flexibility index (Phi) is 2.73. The summed E-state index contributed by atoms with van der Waals surface area (Å²) in [7, 11) is 0. The zero-order valence-electron chi connectivity index (χ0n) is 9.08. The molecule has 0 aliphatic heterocycles. The lowest BCUT2D eigenvalue weighted by atomic mass is 10.4. The fraction of sp³-hybridized carbons (Fsp3) is 0.200. The number of hydrogen-bond acceptors (Lipinski definition) is 5. The van der Waals surface area contributed by atoms with Gasteiger partial charge < -0.3 is 10.2 Å². The molecule has 0 saturated heterocycles. The van der Waals surface area contributed by atoms with Crippen LogP contribution in [0.1, 0.15) is 33.9 Å². The molecule has 7 heteroatoms. The number of primary amides is 1. The van der Waals surface area contributed by atoms with Crippen molar-refractivity contribution in [3.63, 3.8) is 0 Å². The van der Waals surface area contributed by atoms with Crippen molar-refractivity contribution in [2.75, 3.05) is 0 Å². The highest BCUT2D eigenvalue weighted by molar-refractivity contribution is 5.90. The molecule has 7 nitrogen and oxygen atoms in total. The van der Waals surface area contributed by atoms with Crippen LogP contribution in [0.15, 0.2) is 22.9 Å². The van der Waals surface area contributed by atoms with Crippen molar-refractivity contribution in [1.82, 2.24) is 14.8 Å². The Morgan fingerprint density at radius 3 is 2.82 bits per heavy atom. The molecule has 0 radical (unpaired) electrons. The number of oxazole rings is 1. The van der Waals surface area contributed by atoms with Gasteiger partial charge in [-0.25, -0.2) is 4.98 Å². The SMILES string of the molecule is CC(=O)c1ncc(Cn2ccc(C(N)=O)n2)o1. The van der Waals surface area contributed by atoms with E-state index >= 15 is 0 Å². The molecule has 0 aliphatic carbocycles. The third-order valence-corrected chi connectivity index (χ3v) is 2.07. The zero-order chi connectivity index (χ0) is 12.4. The third kappa shape index (κ3) is 2.39. The minimum atomic E-state index is -0.592. The fourth-order valence-corrected chi connectivity index (χ4v) is 1.28. The minimum absolute atomic E-state index is 0.0577. The van der Waals surface area contributed by atoms with Gasteiger partial charge >= 0.3 is 0 Å². The molecule has 0 aromatic carbocycles. The number of amides is 1. The number of nitrogens with two attached hydrogens (primary N) is 1. The van der Waals surface area contributed by atoms with Crippen molar-refractivity contribution >= 4 is 11.7 Å². The highest BCUT2D eigenvalue weighted by Gasteiger charge is 2.10. The first-order valence-corrected chi connectivity index (χ1v) is 4.85. The van der Waals surface area contributed by atoms with Gasteiger partial charge in [-0.1, -0.05) is 0 Å². The maximum absolute atomic E-state index is 11.0. The van der Waals surface area contributed by atoms with Gasteiger partial charge in [-0.2, -0.15) is 5.10 Å². The minimum Gasteiger partial charge on any atom is -0.437 e. The second-order valence-electron chi connectivity index (χ2n) is 3.45. The molecule has 2 N–H and O–H groups in total. The summed E-state index contributed by atoms with van der Waals surface area (Å²) in [4.78, 5) is 25.6. The lowest BCUT2D eigenvalue weighted by molar-refractivity contribution is 0.0976. The highest BCUT2D eigenvalue weighted by Crippen LogP contribution is 2.06. The van der Waals surface area contributed by atoms with Gasteiger partial charge in [0.2, 0.25) is 5.78 Å². The van der Waals surface area contributed by atoms with Gasteiger partial charge in [-0.3, -0.25) is 14.3 Å². The van der Waals surface area contributed by atoms with E-state index in [0.29, 0.717) is 5.76 Å².